The molecule has 0 aliphatic carbocycles. The SMILES string of the molecule is NCc1ccc(-c2nc3cccnc3cc2-c2ccccc2)cc1. The molecule has 116 valence electrons. The number of hydrogen-bond acceptors (Lipinski definition) is 3. The molecule has 0 aliphatic heterocycles. The highest BCUT2D eigenvalue weighted by Crippen LogP contribution is 2.32. The Balaban J connectivity index is 1.97. The molecule has 0 radical (unpaired) electrons. The molecule has 0 fully saturated rings. The summed E-state index contributed by atoms with van der Waals surface area (Å²) in [6.45, 7) is 0.543. The van der Waals surface area contributed by atoms with E-state index >= 15 is 0 Å². The van der Waals surface area contributed by atoms with Gasteiger partial charge in [-0.2, -0.15) is 0 Å². The van der Waals surface area contributed by atoms with E-state index < -0.39 is 0 Å². The summed E-state index contributed by atoms with van der Waals surface area (Å²) in [5.74, 6) is 0. The number of rotatable bonds is 3. The minimum absolute atomic E-state index is 0.543. The lowest BCUT2D eigenvalue weighted by Crippen LogP contribution is -1.96. The van der Waals surface area contributed by atoms with Crippen molar-refractivity contribution in [3.05, 3.63) is 84.6 Å². The molecule has 0 saturated carbocycles. The van der Waals surface area contributed by atoms with Gasteiger partial charge in [0.05, 0.1) is 16.7 Å². The molecule has 24 heavy (non-hydrogen) atoms. The fourth-order valence-corrected chi connectivity index (χ4v) is 2.86. The smallest absolute Gasteiger partial charge is 0.0894 e. The highest BCUT2D eigenvalue weighted by atomic mass is 14.8. The quantitative estimate of drug-likeness (QED) is 0.609. The van der Waals surface area contributed by atoms with E-state index in [-0.39, 0.29) is 0 Å². The highest BCUT2D eigenvalue weighted by molar-refractivity contribution is 5.89. The van der Waals surface area contributed by atoms with Gasteiger partial charge in [0.2, 0.25) is 0 Å². The zero-order valence-electron chi connectivity index (χ0n) is 13.2. The maximum Gasteiger partial charge on any atom is 0.0894 e. The van der Waals surface area contributed by atoms with Crippen molar-refractivity contribution in [3.63, 3.8) is 0 Å². The summed E-state index contributed by atoms with van der Waals surface area (Å²) in [5, 5.41) is 0. The number of hydrogen-bond donors (Lipinski definition) is 1. The first-order valence-electron chi connectivity index (χ1n) is 7.96. The lowest BCUT2D eigenvalue weighted by molar-refractivity contribution is 1.07. The summed E-state index contributed by atoms with van der Waals surface area (Å²) in [6, 6.07) is 24.6. The minimum Gasteiger partial charge on any atom is -0.326 e. The Morgan fingerprint density at radius 2 is 1.54 bits per heavy atom. The van der Waals surface area contributed by atoms with Gasteiger partial charge >= 0.3 is 0 Å². The molecule has 0 saturated heterocycles. The van der Waals surface area contributed by atoms with Crippen molar-refractivity contribution < 1.29 is 0 Å². The fourth-order valence-electron chi connectivity index (χ4n) is 2.86. The summed E-state index contributed by atoms with van der Waals surface area (Å²) in [4.78, 5) is 9.33. The topological polar surface area (TPSA) is 51.8 Å². The number of pyridine rings is 2. The second-order valence-electron chi connectivity index (χ2n) is 5.69. The molecule has 0 amide bonds. The Kier molecular flexibility index (Phi) is 3.77. The third kappa shape index (κ3) is 2.66. The van der Waals surface area contributed by atoms with Crippen molar-refractivity contribution in [2.45, 2.75) is 6.54 Å². The maximum absolute atomic E-state index is 5.71. The zero-order chi connectivity index (χ0) is 16.4. The second-order valence-corrected chi connectivity index (χ2v) is 5.69. The van der Waals surface area contributed by atoms with Crippen molar-refractivity contribution in [1.29, 1.82) is 0 Å². The Morgan fingerprint density at radius 1 is 0.750 bits per heavy atom. The largest absolute Gasteiger partial charge is 0.326 e. The number of nitrogens with zero attached hydrogens (tertiary/aromatic N) is 2. The van der Waals surface area contributed by atoms with Crippen LogP contribution in [0.2, 0.25) is 0 Å². The number of aromatic nitrogens is 2. The van der Waals surface area contributed by atoms with Gasteiger partial charge in [-0.15, -0.1) is 0 Å². The van der Waals surface area contributed by atoms with E-state index in [1.54, 1.807) is 6.20 Å². The average molecular weight is 311 g/mol. The molecule has 3 heteroatoms. The third-order valence-electron chi connectivity index (χ3n) is 4.13. The molecule has 0 bridgehead atoms. The third-order valence-corrected chi connectivity index (χ3v) is 4.13. The summed E-state index contributed by atoms with van der Waals surface area (Å²) in [6.07, 6.45) is 1.80. The van der Waals surface area contributed by atoms with Crippen LogP contribution in [0, 0.1) is 0 Å². The van der Waals surface area contributed by atoms with E-state index in [4.69, 9.17) is 10.7 Å². The fraction of sp³-hybridized carbons (Fsp3) is 0.0476. The van der Waals surface area contributed by atoms with Gasteiger partial charge in [-0.25, -0.2) is 4.98 Å². The van der Waals surface area contributed by atoms with Crippen molar-refractivity contribution in [3.8, 4) is 22.4 Å². The van der Waals surface area contributed by atoms with Crippen LogP contribution in [-0.4, -0.2) is 9.97 Å². The van der Waals surface area contributed by atoms with Crippen LogP contribution in [0.15, 0.2) is 79.0 Å². The standard InChI is InChI=1S/C21H17N3/c22-14-15-8-10-17(11-9-15)21-18(16-5-2-1-3-6-16)13-20-19(24-21)7-4-12-23-20/h1-13H,14,22H2. The number of benzene rings is 2. The monoisotopic (exact) mass is 311 g/mol. The van der Waals surface area contributed by atoms with Gasteiger partial charge in [0, 0.05) is 23.9 Å². The Labute approximate surface area is 140 Å². The van der Waals surface area contributed by atoms with Crippen molar-refractivity contribution in [1.82, 2.24) is 9.97 Å². The van der Waals surface area contributed by atoms with Gasteiger partial charge in [-0.05, 0) is 29.3 Å². The van der Waals surface area contributed by atoms with E-state index in [0.29, 0.717) is 6.54 Å². The van der Waals surface area contributed by atoms with Crippen molar-refractivity contribution >= 4 is 11.0 Å². The summed E-state index contributed by atoms with van der Waals surface area (Å²) in [5.41, 5.74) is 12.9. The molecule has 2 N–H and O–H groups in total. The molecule has 2 aromatic carbocycles. The minimum atomic E-state index is 0.543. The number of fused-ring (bicyclic) bond motifs is 1. The molecule has 0 unspecified atom stereocenters. The average Bonchev–Trinajstić information content (AvgIpc) is 2.68. The van der Waals surface area contributed by atoms with E-state index in [1.165, 1.54) is 0 Å². The van der Waals surface area contributed by atoms with Gasteiger partial charge in [0.15, 0.2) is 0 Å². The van der Waals surface area contributed by atoms with Crippen LogP contribution < -0.4 is 5.73 Å². The first-order chi connectivity index (χ1) is 11.8. The molecular weight excluding hydrogens is 294 g/mol. The van der Waals surface area contributed by atoms with Gasteiger partial charge in [-0.3, -0.25) is 4.98 Å². The Hall–Kier alpha value is -3.04. The summed E-state index contributed by atoms with van der Waals surface area (Å²) in [7, 11) is 0. The summed E-state index contributed by atoms with van der Waals surface area (Å²) >= 11 is 0. The molecule has 3 nitrogen and oxygen atoms in total. The predicted octanol–water partition coefficient (Wildman–Crippen LogP) is 4.42. The second kappa shape index (κ2) is 6.22. The molecule has 2 aromatic heterocycles. The first kappa shape index (κ1) is 14.5. The van der Waals surface area contributed by atoms with Crippen molar-refractivity contribution in [2.24, 2.45) is 5.73 Å². The van der Waals surface area contributed by atoms with Crippen LogP contribution in [-0.2, 0) is 6.54 Å². The molecule has 4 rings (SSSR count). The molecular formula is C21H17N3. The molecule has 0 spiro atoms. The molecule has 0 aliphatic rings. The van der Waals surface area contributed by atoms with Crippen LogP contribution >= 0.6 is 0 Å². The normalized spacial score (nSPS) is 10.9. The van der Waals surface area contributed by atoms with Crippen LogP contribution in [0.5, 0.6) is 0 Å². The zero-order valence-corrected chi connectivity index (χ0v) is 13.2. The lowest BCUT2D eigenvalue weighted by atomic mass is 9.98. The highest BCUT2D eigenvalue weighted by Gasteiger charge is 2.11. The Morgan fingerprint density at radius 3 is 2.29 bits per heavy atom. The predicted molar refractivity (Wildman–Crippen MR) is 98.3 cm³/mol. The molecule has 2 heterocycles. The Bertz CT molecular complexity index is 977. The van der Waals surface area contributed by atoms with E-state index in [9.17, 15) is 0 Å². The first-order valence-corrected chi connectivity index (χ1v) is 7.96. The lowest BCUT2D eigenvalue weighted by Gasteiger charge is -2.11. The van der Waals surface area contributed by atoms with Gasteiger partial charge in [0.25, 0.3) is 0 Å². The van der Waals surface area contributed by atoms with Crippen molar-refractivity contribution in [2.75, 3.05) is 0 Å². The summed E-state index contributed by atoms with van der Waals surface area (Å²) < 4.78 is 0. The van der Waals surface area contributed by atoms with Gasteiger partial charge in [-0.1, -0.05) is 54.6 Å². The number of nitrogens with two attached hydrogens (primary N) is 1. The van der Waals surface area contributed by atoms with Crippen LogP contribution in [0.4, 0.5) is 0 Å². The van der Waals surface area contributed by atoms with E-state index in [2.05, 4.69) is 47.4 Å². The van der Waals surface area contributed by atoms with Gasteiger partial charge in [0.1, 0.15) is 0 Å². The van der Waals surface area contributed by atoms with E-state index in [1.807, 2.05) is 30.3 Å². The molecule has 4 aromatic rings. The van der Waals surface area contributed by atoms with Crippen LogP contribution in [0.25, 0.3) is 33.4 Å². The maximum atomic E-state index is 5.71. The van der Waals surface area contributed by atoms with Gasteiger partial charge < -0.3 is 5.73 Å². The van der Waals surface area contributed by atoms with Crippen LogP contribution in [0.3, 0.4) is 0 Å². The van der Waals surface area contributed by atoms with Crippen LogP contribution in [0.1, 0.15) is 5.56 Å². The van der Waals surface area contributed by atoms with E-state index in [0.717, 1.165) is 39.0 Å². The molecule has 0 atom stereocenters.